The lowest BCUT2D eigenvalue weighted by Gasteiger charge is -2.40. The van der Waals surface area contributed by atoms with Crippen molar-refractivity contribution in [3.63, 3.8) is 0 Å². The van der Waals surface area contributed by atoms with Crippen molar-refractivity contribution in [2.24, 2.45) is 0 Å². The van der Waals surface area contributed by atoms with Gasteiger partial charge in [-0.3, -0.25) is 9.78 Å². The summed E-state index contributed by atoms with van der Waals surface area (Å²) in [5.41, 5.74) is 3.56. The van der Waals surface area contributed by atoms with E-state index in [4.69, 9.17) is 23.9 Å². The van der Waals surface area contributed by atoms with Gasteiger partial charge >= 0.3 is 0 Å². The molecule has 9 nitrogen and oxygen atoms in total. The van der Waals surface area contributed by atoms with Gasteiger partial charge in [-0.05, 0) is 54.4 Å². The first-order chi connectivity index (χ1) is 23.4. The molecule has 6 aromatic rings. The monoisotopic (exact) mass is 644 g/mol. The summed E-state index contributed by atoms with van der Waals surface area (Å²) in [6.07, 6.45) is 1.56. The van der Waals surface area contributed by atoms with Gasteiger partial charge < -0.3 is 28.8 Å². The molecule has 1 amide bonds. The summed E-state index contributed by atoms with van der Waals surface area (Å²) in [5.74, 6) is -0.267. The van der Waals surface area contributed by atoms with E-state index in [1.807, 2.05) is 78.2 Å². The summed E-state index contributed by atoms with van der Waals surface area (Å²) in [6.45, 7) is 3.15. The summed E-state index contributed by atoms with van der Waals surface area (Å²) >= 11 is 0. The highest BCUT2D eigenvalue weighted by molar-refractivity contribution is 6.03. The molecule has 0 saturated carbocycles. The van der Waals surface area contributed by atoms with Crippen LogP contribution in [0.2, 0.25) is 0 Å². The minimum absolute atomic E-state index is 0.0823. The van der Waals surface area contributed by atoms with E-state index in [2.05, 4.69) is 10.3 Å². The maximum absolute atomic E-state index is 17.0. The molecule has 0 aliphatic carbocycles. The highest BCUT2D eigenvalue weighted by Gasteiger charge is 2.40. The second kappa shape index (κ2) is 13.2. The van der Waals surface area contributed by atoms with Crippen LogP contribution in [0.25, 0.3) is 22.4 Å². The summed E-state index contributed by atoms with van der Waals surface area (Å²) in [6, 6.07) is 31.3. The Morgan fingerprint density at radius 2 is 1.56 bits per heavy atom. The second-order valence-electron chi connectivity index (χ2n) is 11.8. The van der Waals surface area contributed by atoms with Crippen LogP contribution in [0, 0.1) is 5.82 Å². The van der Waals surface area contributed by atoms with Crippen molar-refractivity contribution in [3.05, 3.63) is 132 Å². The molecule has 0 unspecified atom stereocenters. The second-order valence-corrected chi connectivity index (χ2v) is 11.8. The van der Waals surface area contributed by atoms with Gasteiger partial charge in [0.2, 0.25) is 11.5 Å². The summed E-state index contributed by atoms with van der Waals surface area (Å²) in [7, 11) is 1.51. The molecular weight excluding hydrogens is 611 g/mol. The number of methoxy groups -OCH3 is 1. The van der Waals surface area contributed by atoms with Crippen molar-refractivity contribution in [1.29, 1.82) is 0 Å². The van der Waals surface area contributed by atoms with E-state index in [1.165, 1.54) is 7.11 Å². The number of nitrogens with one attached hydrogen (secondary N) is 1. The van der Waals surface area contributed by atoms with E-state index < -0.39 is 11.4 Å². The van der Waals surface area contributed by atoms with Gasteiger partial charge in [0.25, 0.3) is 5.91 Å². The Balaban J connectivity index is 1.33. The van der Waals surface area contributed by atoms with E-state index in [1.54, 1.807) is 42.6 Å². The zero-order valence-electron chi connectivity index (χ0n) is 26.5. The number of nitrogens with zero attached hydrogens (tertiary/aromatic N) is 3. The average molecular weight is 645 g/mol. The van der Waals surface area contributed by atoms with E-state index in [9.17, 15) is 4.79 Å². The first-order valence-electron chi connectivity index (χ1n) is 15.5. The Hall–Kier alpha value is -5.74. The fourth-order valence-corrected chi connectivity index (χ4v) is 5.74. The van der Waals surface area contributed by atoms with Gasteiger partial charge in [0, 0.05) is 11.9 Å². The predicted octanol–water partition coefficient (Wildman–Crippen LogP) is 7.40. The average Bonchev–Trinajstić information content (AvgIpc) is 3.49. The molecule has 10 heteroatoms. The quantitative estimate of drug-likeness (QED) is 0.157. The molecule has 48 heavy (non-hydrogen) atoms. The predicted molar refractivity (Wildman–Crippen MR) is 180 cm³/mol. The van der Waals surface area contributed by atoms with Crippen LogP contribution in [0.5, 0.6) is 17.2 Å². The van der Waals surface area contributed by atoms with E-state index >= 15 is 4.39 Å². The Kier molecular flexibility index (Phi) is 8.48. The SMILES string of the molecule is COc1cc(-c2nc3cc(NC(=O)c4ccccn4)ccc3n2C2(C)COC2)c(F)c(OCc2ccccc2)c1OCc1ccccc1. The van der Waals surface area contributed by atoms with Crippen LogP contribution in [0.1, 0.15) is 28.5 Å². The van der Waals surface area contributed by atoms with Crippen molar-refractivity contribution < 1.29 is 28.1 Å². The van der Waals surface area contributed by atoms with Gasteiger partial charge in [-0.2, -0.15) is 0 Å². The molecule has 0 atom stereocenters. The van der Waals surface area contributed by atoms with Crippen LogP contribution in [-0.4, -0.2) is 40.8 Å². The van der Waals surface area contributed by atoms with Gasteiger partial charge in [-0.1, -0.05) is 66.7 Å². The maximum Gasteiger partial charge on any atom is 0.274 e. The molecule has 1 fully saturated rings. The van der Waals surface area contributed by atoms with Gasteiger partial charge in [-0.15, -0.1) is 0 Å². The number of anilines is 1. The van der Waals surface area contributed by atoms with Crippen LogP contribution in [-0.2, 0) is 23.5 Å². The topological polar surface area (TPSA) is 96.7 Å². The largest absolute Gasteiger partial charge is 0.493 e. The molecular formula is C38H33FN4O5. The van der Waals surface area contributed by atoms with Gasteiger partial charge in [0.05, 0.1) is 42.5 Å². The molecule has 3 heterocycles. The highest BCUT2D eigenvalue weighted by atomic mass is 19.1. The normalized spacial score (nSPS) is 13.5. The van der Waals surface area contributed by atoms with E-state index in [0.29, 0.717) is 36.0 Å². The van der Waals surface area contributed by atoms with Crippen molar-refractivity contribution >= 4 is 22.6 Å². The lowest BCUT2D eigenvalue weighted by Crippen LogP contribution is -2.49. The van der Waals surface area contributed by atoms with Gasteiger partial charge in [-0.25, -0.2) is 9.37 Å². The highest BCUT2D eigenvalue weighted by Crippen LogP contribution is 2.47. The molecule has 7 rings (SSSR count). The Morgan fingerprint density at radius 1 is 0.896 bits per heavy atom. The summed E-state index contributed by atoms with van der Waals surface area (Å²) < 4.78 is 42.8. The first kappa shape index (κ1) is 30.9. The maximum atomic E-state index is 17.0. The number of imidazole rings is 1. The molecule has 2 aromatic heterocycles. The number of hydrogen-bond donors (Lipinski definition) is 1. The molecule has 4 aromatic carbocycles. The number of ether oxygens (including phenoxy) is 4. The Bertz CT molecular complexity index is 2070. The van der Waals surface area contributed by atoms with Crippen molar-refractivity contribution in [2.75, 3.05) is 25.6 Å². The standard InChI is InChI=1S/C38H33FN4O5/c1-38(23-46-24-38)43-31-17-16-27(41-37(44)29-15-9-10-18-40-29)19-30(31)42-36(43)28-20-32(45-2)34(47-21-25-11-5-3-6-12-25)35(33(28)39)48-22-26-13-7-4-8-14-26/h3-20H,21-24H2,1-2H3,(H,41,44). The third-order valence-corrected chi connectivity index (χ3v) is 8.23. The van der Waals surface area contributed by atoms with Crippen molar-refractivity contribution in [3.8, 4) is 28.6 Å². The van der Waals surface area contributed by atoms with Crippen LogP contribution >= 0.6 is 0 Å². The number of hydrogen-bond acceptors (Lipinski definition) is 7. The van der Waals surface area contributed by atoms with Crippen LogP contribution in [0.4, 0.5) is 10.1 Å². The zero-order valence-corrected chi connectivity index (χ0v) is 26.5. The lowest BCUT2D eigenvalue weighted by atomic mass is 9.98. The van der Waals surface area contributed by atoms with E-state index in [-0.39, 0.29) is 41.9 Å². The zero-order chi connectivity index (χ0) is 33.1. The Labute approximate surface area is 276 Å². The number of carbonyl (C=O) groups excluding carboxylic acids is 1. The molecule has 1 N–H and O–H groups in total. The summed E-state index contributed by atoms with van der Waals surface area (Å²) in [5, 5.41) is 2.89. The van der Waals surface area contributed by atoms with Crippen LogP contribution < -0.4 is 19.5 Å². The Morgan fingerprint density at radius 3 is 2.17 bits per heavy atom. The lowest BCUT2D eigenvalue weighted by molar-refractivity contribution is -0.0868. The third kappa shape index (κ3) is 6.05. The van der Waals surface area contributed by atoms with Crippen molar-refractivity contribution in [1.82, 2.24) is 14.5 Å². The first-order valence-corrected chi connectivity index (χ1v) is 15.5. The molecule has 1 saturated heterocycles. The minimum atomic E-state index is -0.640. The van der Waals surface area contributed by atoms with E-state index in [0.717, 1.165) is 16.6 Å². The van der Waals surface area contributed by atoms with Gasteiger partial charge in [0.1, 0.15) is 24.7 Å². The molecule has 0 radical (unpaired) electrons. The fourth-order valence-electron chi connectivity index (χ4n) is 5.74. The molecule has 0 bridgehead atoms. The number of halogens is 1. The van der Waals surface area contributed by atoms with Gasteiger partial charge in [0.15, 0.2) is 11.6 Å². The molecule has 1 aliphatic heterocycles. The number of aromatic nitrogens is 3. The number of pyridine rings is 1. The van der Waals surface area contributed by atoms with Crippen molar-refractivity contribution in [2.45, 2.75) is 25.7 Å². The minimum Gasteiger partial charge on any atom is -0.493 e. The molecule has 1 aliphatic rings. The number of amides is 1. The molecule has 242 valence electrons. The number of carbonyl (C=O) groups is 1. The number of fused-ring (bicyclic) bond motifs is 1. The van der Waals surface area contributed by atoms with Crippen LogP contribution in [0.15, 0.2) is 109 Å². The number of benzene rings is 4. The smallest absolute Gasteiger partial charge is 0.274 e. The fraction of sp³-hybridized carbons (Fsp3) is 0.184. The molecule has 0 spiro atoms. The van der Waals surface area contributed by atoms with Crippen LogP contribution in [0.3, 0.4) is 0 Å². The summed E-state index contributed by atoms with van der Waals surface area (Å²) in [4.78, 5) is 21.9. The number of rotatable bonds is 11. The third-order valence-electron chi connectivity index (χ3n) is 8.23.